The van der Waals surface area contributed by atoms with Gasteiger partial charge in [0.15, 0.2) is 0 Å². The van der Waals surface area contributed by atoms with E-state index in [9.17, 15) is 4.11 Å². The number of benzene rings is 8. The van der Waals surface area contributed by atoms with Crippen molar-refractivity contribution in [3.05, 3.63) is 146 Å². The van der Waals surface area contributed by atoms with E-state index in [-0.39, 0.29) is 18.1 Å². The van der Waals surface area contributed by atoms with Gasteiger partial charge in [-0.25, -0.2) is 0 Å². The first-order chi connectivity index (χ1) is 21.6. The fourth-order valence-electron chi connectivity index (χ4n) is 6.49. The van der Waals surface area contributed by atoms with Crippen molar-refractivity contribution in [3.63, 3.8) is 0 Å². The summed E-state index contributed by atoms with van der Waals surface area (Å²) in [7, 11) is 0. The number of hydrogen-bond acceptors (Lipinski definition) is 1. The predicted molar refractivity (Wildman–Crippen MR) is 175 cm³/mol. The standard InChI is InChI=1S/C40H24O/c1-2-11-27-23-28(18-17-25(27)9-1)38-32-13-5-7-15-34(32)39(35-16-8-6-14-33(35)38)29-20-21-31-36-22-19-26-10-3-4-12-30(26)40(36)41-37(31)24-29/h1-24H/i20D,21D,24D. The average Bonchev–Trinajstić information content (AvgIpc) is 3.48. The molecular formula is C40H24O. The highest BCUT2D eigenvalue weighted by Gasteiger charge is 2.18. The Balaban J connectivity index is 1.42. The lowest BCUT2D eigenvalue weighted by molar-refractivity contribution is 0.673. The topological polar surface area (TPSA) is 13.1 Å². The molecule has 8 aromatic carbocycles. The number of furan rings is 1. The van der Waals surface area contributed by atoms with Gasteiger partial charge in [-0.1, -0.05) is 121 Å². The van der Waals surface area contributed by atoms with Crippen LogP contribution in [0.3, 0.4) is 0 Å². The Hall–Kier alpha value is -5.40. The smallest absolute Gasteiger partial charge is 0.143 e. The summed E-state index contributed by atoms with van der Waals surface area (Å²) >= 11 is 0. The quantitative estimate of drug-likeness (QED) is 0.205. The third kappa shape index (κ3) is 3.30. The molecule has 0 atom stereocenters. The molecule has 0 aliphatic heterocycles. The van der Waals surface area contributed by atoms with Gasteiger partial charge in [-0.15, -0.1) is 0 Å². The van der Waals surface area contributed by atoms with E-state index < -0.39 is 0 Å². The maximum absolute atomic E-state index is 9.52. The fraction of sp³-hybridized carbons (Fsp3) is 0. The molecule has 0 radical (unpaired) electrons. The molecule has 0 aliphatic rings. The Morgan fingerprint density at radius 1 is 0.415 bits per heavy atom. The van der Waals surface area contributed by atoms with Crippen molar-refractivity contribution in [2.24, 2.45) is 0 Å². The molecule has 0 amide bonds. The summed E-state index contributed by atoms with van der Waals surface area (Å²) in [5, 5.41) is 9.57. The van der Waals surface area contributed by atoms with E-state index >= 15 is 0 Å². The van der Waals surface area contributed by atoms with Gasteiger partial charge in [-0.05, 0) is 84.2 Å². The number of hydrogen-bond donors (Lipinski definition) is 0. The van der Waals surface area contributed by atoms with Crippen LogP contribution in [0.15, 0.2) is 150 Å². The van der Waals surface area contributed by atoms with E-state index in [0.717, 1.165) is 54.4 Å². The molecule has 9 rings (SSSR count). The highest BCUT2D eigenvalue weighted by atomic mass is 16.3. The monoisotopic (exact) mass is 523 g/mol. The molecule has 1 nitrogen and oxygen atoms in total. The maximum Gasteiger partial charge on any atom is 0.143 e. The Kier molecular flexibility index (Phi) is 4.09. The second-order valence-corrected chi connectivity index (χ2v) is 10.6. The normalized spacial score (nSPS) is 12.9. The molecule has 0 aliphatic carbocycles. The van der Waals surface area contributed by atoms with Gasteiger partial charge in [0.25, 0.3) is 0 Å². The van der Waals surface area contributed by atoms with Crippen LogP contribution in [0.1, 0.15) is 4.11 Å². The van der Waals surface area contributed by atoms with Gasteiger partial charge in [-0.3, -0.25) is 0 Å². The van der Waals surface area contributed by atoms with Gasteiger partial charge < -0.3 is 4.42 Å². The van der Waals surface area contributed by atoms with Crippen molar-refractivity contribution >= 4 is 65.0 Å². The molecule has 1 aromatic heterocycles. The second-order valence-electron chi connectivity index (χ2n) is 10.6. The van der Waals surface area contributed by atoms with Crippen LogP contribution in [-0.2, 0) is 0 Å². The lowest BCUT2D eigenvalue weighted by Crippen LogP contribution is -1.90. The van der Waals surface area contributed by atoms with Crippen LogP contribution in [0.5, 0.6) is 0 Å². The minimum atomic E-state index is 0.0344. The Morgan fingerprint density at radius 2 is 0.976 bits per heavy atom. The van der Waals surface area contributed by atoms with Crippen molar-refractivity contribution in [1.82, 2.24) is 0 Å². The van der Waals surface area contributed by atoms with E-state index in [1.807, 2.05) is 60.7 Å². The summed E-state index contributed by atoms with van der Waals surface area (Å²) < 4.78 is 34.5. The van der Waals surface area contributed by atoms with E-state index in [0.29, 0.717) is 22.1 Å². The first-order valence-electron chi connectivity index (χ1n) is 15.4. The minimum Gasteiger partial charge on any atom is -0.455 e. The van der Waals surface area contributed by atoms with E-state index in [4.69, 9.17) is 4.42 Å². The highest BCUT2D eigenvalue weighted by Crippen LogP contribution is 2.45. The molecule has 0 N–H and O–H groups in total. The van der Waals surface area contributed by atoms with Crippen LogP contribution in [-0.4, -0.2) is 0 Å². The van der Waals surface area contributed by atoms with Gasteiger partial charge in [0.05, 0.1) is 4.11 Å². The summed E-state index contributed by atoms with van der Waals surface area (Å²) in [5.41, 5.74) is 4.43. The van der Waals surface area contributed by atoms with Crippen molar-refractivity contribution < 1.29 is 8.53 Å². The zero-order valence-electron chi connectivity index (χ0n) is 25.0. The third-order valence-corrected chi connectivity index (χ3v) is 8.35. The molecule has 0 bridgehead atoms. The molecule has 41 heavy (non-hydrogen) atoms. The van der Waals surface area contributed by atoms with E-state index in [1.165, 1.54) is 10.8 Å². The fourth-order valence-corrected chi connectivity index (χ4v) is 6.49. The largest absolute Gasteiger partial charge is 0.455 e. The lowest BCUT2D eigenvalue weighted by atomic mass is 9.85. The van der Waals surface area contributed by atoms with Crippen LogP contribution >= 0.6 is 0 Å². The van der Waals surface area contributed by atoms with Crippen LogP contribution < -0.4 is 0 Å². The van der Waals surface area contributed by atoms with Crippen LogP contribution in [0.4, 0.5) is 0 Å². The Bertz CT molecular complexity index is 2590. The van der Waals surface area contributed by atoms with Crippen LogP contribution in [0.2, 0.25) is 0 Å². The summed E-state index contributed by atoms with van der Waals surface area (Å²) in [4.78, 5) is 0. The zero-order valence-corrected chi connectivity index (χ0v) is 22.0. The molecular weight excluding hydrogens is 496 g/mol. The second kappa shape index (κ2) is 8.55. The summed E-state index contributed by atoms with van der Waals surface area (Å²) in [6.07, 6.45) is 0. The minimum absolute atomic E-state index is 0.0344. The van der Waals surface area contributed by atoms with E-state index in [1.54, 1.807) is 0 Å². The SMILES string of the molecule is [2H]c1c(-c2c3ccccc3c(-c3ccc4ccccc4c3)c3ccccc23)c([2H])c2oc3c4ccccc4ccc3c2c1[2H]. The van der Waals surface area contributed by atoms with Crippen molar-refractivity contribution in [1.29, 1.82) is 0 Å². The number of fused-ring (bicyclic) bond motifs is 8. The molecule has 0 spiro atoms. The maximum atomic E-state index is 9.52. The third-order valence-electron chi connectivity index (χ3n) is 8.35. The molecule has 9 aromatic rings. The van der Waals surface area contributed by atoms with Crippen LogP contribution in [0, 0.1) is 0 Å². The van der Waals surface area contributed by atoms with Crippen molar-refractivity contribution in [3.8, 4) is 22.3 Å². The molecule has 190 valence electrons. The Labute approximate surface area is 241 Å². The lowest BCUT2D eigenvalue weighted by Gasteiger charge is -2.18. The zero-order chi connectivity index (χ0) is 29.5. The molecule has 0 saturated carbocycles. The molecule has 1 heterocycles. The Morgan fingerprint density at radius 3 is 1.68 bits per heavy atom. The first kappa shape index (κ1) is 19.6. The highest BCUT2D eigenvalue weighted by molar-refractivity contribution is 6.22. The molecule has 1 heteroatoms. The summed E-state index contributed by atoms with van der Waals surface area (Å²) in [6.45, 7) is 0. The van der Waals surface area contributed by atoms with Gasteiger partial charge in [0.2, 0.25) is 0 Å². The average molecular weight is 524 g/mol. The van der Waals surface area contributed by atoms with Gasteiger partial charge in [0, 0.05) is 16.2 Å². The summed E-state index contributed by atoms with van der Waals surface area (Å²) in [6, 6.07) is 43.6. The van der Waals surface area contributed by atoms with Gasteiger partial charge in [-0.2, -0.15) is 0 Å². The predicted octanol–water partition coefficient (Wildman–Crippen LogP) is 11.5. The van der Waals surface area contributed by atoms with Crippen molar-refractivity contribution in [2.45, 2.75) is 0 Å². The van der Waals surface area contributed by atoms with Crippen LogP contribution in [0.25, 0.3) is 87.3 Å². The number of rotatable bonds is 2. The molecule has 0 fully saturated rings. The first-order valence-corrected chi connectivity index (χ1v) is 13.9. The van der Waals surface area contributed by atoms with Crippen molar-refractivity contribution in [2.75, 3.05) is 0 Å². The van der Waals surface area contributed by atoms with Gasteiger partial charge >= 0.3 is 0 Å². The van der Waals surface area contributed by atoms with Gasteiger partial charge in [0.1, 0.15) is 11.2 Å². The summed E-state index contributed by atoms with van der Waals surface area (Å²) in [5.74, 6) is 0. The molecule has 0 unspecified atom stereocenters. The van der Waals surface area contributed by atoms with E-state index in [2.05, 4.69) is 66.7 Å². The molecule has 0 saturated heterocycles.